The molecule has 3 aromatic heterocycles. The molecule has 3 aromatic rings. The van der Waals surface area contributed by atoms with Crippen LogP contribution in [0.3, 0.4) is 0 Å². The Morgan fingerprint density at radius 3 is 2.41 bits per heavy atom. The Morgan fingerprint density at radius 2 is 1.83 bits per heavy atom. The SMILES string of the molecule is CC.CC.Cc1nc(N(CC(F)F)C(C)c2cccnc2N)c2cnn(C)c2n1. The summed E-state index contributed by atoms with van der Waals surface area (Å²) in [6, 6.07) is 3.06. The van der Waals surface area contributed by atoms with E-state index in [1.165, 1.54) is 4.90 Å². The predicted molar refractivity (Wildman–Crippen MR) is 114 cm³/mol. The highest BCUT2D eigenvalue weighted by Gasteiger charge is 2.26. The van der Waals surface area contributed by atoms with Gasteiger partial charge in [-0.05, 0) is 19.9 Å². The molecule has 9 heteroatoms. The number of rotatable bonds is 5. The van der Waals surface area contributed by atoms with Gasteiger partial charge in [-0.3, -0.25) is 4.68 Å². The number of pyridine rings is 1. The molecule has 0 spiro atoms. The van der Waals surface area contributed by atoms with E-state index >= 15 is 0 Å². The molecular weight excluding hydrogens is 376 g/mol. The normalized spacial score (nSPS) is 11.4. The summed E-state index contributed by atoms with van der Waals surface area (Å²) in [5.74, 6) is 1.20. The number of fused-ring (bicyclic) bond motifs is 1. The minimum atomic E-state index is -2.54. The van der Waals surface area contributed by atoms with Gasteiger partial charge in [-0.15, -0.1) is 0 Å². The molecule has 0 saturated heterocycles. The fraction of sp³-hybridized carbons (Fsp3) is 0.500. The Kier molecular flexibility index (Phi) is 9.37. The average molecular weight is 408 g/mol. The van der Waals surface area contributed by atoms with E-state index in [2.05, 4.69) is 20.1 Å². The molecule has 0 bridgehead atoms. The van der Waals surface area contributed by atoms with Crippen molar-refractivity contribution in [1.29, 1.82) is 0 Å². The zero-order chi connectivity index (χ0) is 22.1. The van der Waals surface area contributed by atoms with Crippen LogP contribution in [-0.2, 0) is 7.05 Å². The van der Waals surface area contributed by atoms with Crippen LogP contribution in [0.1, 0.15) is 52.0 Å². The van der Waals surface area contributed by atoms with E-state index in [1.54, 1.807) is 50.1 Å². The summed E-state index contributed by atoms with van der Waals surface area (Å²) in [5, 5.41) is 4.79. The predicted octanol–water partition coefficient (Wildman–Crippen LogP) is 4.53. The highest BCUT2D eigenvalue weighted by Crippen LogP contribution is 2.32. The van der Waals surface area contributed by atoms with Gasteiger partial charge >= 0.3 is 0 Å². The van der Waals surface area contributed by atoms with Crippen LogP contribution in [0, 0.1) is 6.92 Å². The lowest BCUT2D eigenvalue weighted by molar-refractivity contribution is 0.152. The molecular formula is C20H31F2N7. The Morgan fingerprint density at radius 1 is 1.17 bits per heavy atom. The monoisotopic (exact) mass is 407 g/mol. The second-order valence-corrected chi connectivity index (χ2v) is 5.80. The smallest absolute Gasteiger partial charge is 0.255 e. The van der Waals surface area contributed by atoms with Crippen molar-refractivity contribution in [3.05, 3.63) is 35.9 Å². The summed E-state index contributed by atoms with van der Waals surface area (Å²) in [6.45, 7) is 11.0. The maximum absolute atomic E-state index is 13.3. The Balaban J connectivity index is 0.000000989. The fourth-order valence-corrected chi connectivity index (χ4v) is 2.86. The molecule has 3 rings (SSSR count). The van der Waals surface area contributed by atoms with Gasteiger partial charge in [0.05, 0.1) is 24.2 Å². The Hall–Kier alpha value is -2.84. The molecule has 1 atom stereocenters. The number of halogens is 2. The van der Waals surface area contributed by atoms with E-state index < -0.39 is 19.0 Å². The van der Waals surface area contributed by atoms with Gasteiger partial charge in [-0.25, -0.2) is 23.7 Å². The van der Waals surface area contributed by atoms with Crippen LogP contribution in [0.25, 0.3) is 11.0 Å². The van der Waals surface area contributed by atoms with Gasteiger partial charge in [-0.2, -0.15) is 5.10 Å². The van der Waals surface area contributed by atoms with Crippen molar-refractivity contribution in [2.24, 2.45) is 7.05 Å². The number of hydrogen-bond acceptors (Lipinski definition) is 6. The standard InChI is InChI=1S/C16H19F2N7.2C2H6/c1-9(11-5-4-6-20-14(11)19)25(8-13(17)18)16-12-7-21-24(3)15(12)22-10(2)23-16;2*1-2/h4-7,9,13H,8H2,1-3H3,(H2,19,20);2*1-2H3. The molecule has 0 fully saturated rings. The number of aryl methyl sites for hydroxylation is 2. The molecule has 3 heterocycles. The molecule has 2 N–H and O–H groups in total. The molecule has 7 nitrogen and oxygen atoms in total. The van der Waals surface area contributed by atoms with Crippen molar-refractivity contribution < 1.29 is 8.78 Å². The fourth-order valence-electron chi connectivity index (χ4n) is 2.86. The van der Waals surface area contributed by atoms with Crippen molar-refractivity contribution >= 4 is 22.7 Å². The Bertz CT molecular complexity index is 896. The van der Waals surface area contributed by atoms with Crippen molar-refractivity contribution in [3.8, 4) is 0 Å². The number of alkyl halides is 2. The zero-order valence-electron chi connectivity index (χ0n) is 18.2. The minimum absolute atomic E-state index is 0.308. The maximum Gasteiger partial charge on any atom is 0.255 e. The zero-order valence-corrected chi connectivity index (χ0v) is 18.2. The third kappa shape index (κ3) is 5.58. The number of nitrogens with zero attached hydrogens (tertiary/aromatic N) is 6. The largest absolute Gasteiger partial charge is 0.383 e. The van der Waals surface area contributed by atoms with E-state index in [-0.39, 0.29) is 0 Å². The molecule has 0 aliphatic heterocycles. The van der Waals surface area contributed by atoms with E-state index in [9.17, 15) is 8.78 Å². The molecule has 0 aromatic carbocycles. The van der Waals surface area contributed by atoms with Gasteiger partial charge in [0.15, 0.2) is 5.65 Å². The van der Waals surface area contributed by atoms with Crippen molar-refractivity contribution in [2.45, 2.75) is 54.0 Å². The second-order valence-electron chi connectivity index (χ2n) is 5.80. The first kappa shape index (κ1) is 24.2. The lowest BCUT2D eigenvalue weighted by atomic mass is 10.1. The third-order valence-electron chi connectivity index (χ3n) is 4.08. The highest BCUT2D eigenvalue weighted by atomic mass is 19.3. The lowest BCUT2D eigenvalue weighted by Gasteiger charge is -2.31. The molecule has 0 amide bonds. The van der Waals surface area contributed by atoms with Crippen molar-refractivity contribution in [1.82, 2.24) is 24.7 Å². The molecule has 29 heavy (non-hydrogen) atoms. The van der Waals surface area contributed by atoms with E-state index in [4.69, 9.17) is 5.73 Å². The molecule has 0 aliphatic rings. The van der Waals surface area contributed by atoms with Gasteiger partial charge in [0.25, 0.3) is 6.43 Å². The number of anilines is 2. The van der Waals surface area contributed by atoms with Crippen LogP contribution in [0.5, 0.6) is 0 Å². The summed E-state index contributed by atoms with van der Waals surface area (Å²) < 4.78 is 28.2. The van der Waals surface area contributed by atoms with Gasteiger partial charge < -0.3 is 10.6 Å². The van der Waals surface area contributed by atoms with Crippen LogP contribution in [0.4, 0.5) is 20.4 Å². The molecule has 0 radical (unpaired) electrons. The number of hydrogen-bond donors (Lipinski definition) is 1. The average Bonchev–Trinajstić information content (AvgIpc) is 3.09. The molecule has 0 aliphatic carbocycles. The van der Waals surface area contributed by atoms with Crippen LogP contribution >= 0.6 is 0 Å². The molecule has 160 valence electrons. The van der Waals surface area contributed by atoms with Gasteiger partial charge in [-0.1, -0.05) is 33.8 Å². The summed E-state index contributed by atoms with van der Waals surface area (Å²) in [5.41, 5.74) is 7.19. The first-order valence-electron chi connectivity index (χ1n) is 9.80. The summed E-state index contributed by atoms with van der Waals surface area (Å²) >= 11 is 0. The summed E-state index contributed by atoms with van der Waals surface area (Å²) in [6.07, 6.45) is 0.612. The quantitative estimate of drug-likeness (QED) is 0.669. The maximum atomic E-state index is 13.3. The van der Waals surface area contributed by atoms with Gasteiger partial charge in [0, 0.05) is 18.8 Å². The lowest BCUT2D eigenvalue weighted by Crippen LogP contribution is -2.33. The van der Waals surface area contributed by atoms with Crippen LogP contribution in [-0.4, -0.2) is 37.7 Å². The molecule has 1 unspecified atom stereocenters. The summed E-state index contributed by atoms with van der Waals surface area (Å²) in [4.78, 5) is 14.3. The van der Waals surface area contributed by atoms with Crippen LogP contribution in [0.2, 0.25) is 0 Å². The van der Waals surface area contributed by atoms with Crippen molar-refractivity contribution in [2.75, 3.05) is 17.2 Å². The number of nitrogens with two attached hydrogens (primary N) is 1. The van der Waals surface area contributed by atoms with E-state index in [0.717, 1.165) is 0 Å². The summed E-state index contributed by atoms with van der Waals surface area (Å²) in [7, 11) is 1.75. The minimum Gasteiger partial charge on any atom is -0.383 e. The Labute approximate surface area is 171 Å². The highest BCUT2D eigenvalue weighted by molar-refractivity contribution is 5.87. The van der Waals surface area contributed by atoms with Gasteiger partial charge in [0.2, 0.25) is 0 Å². The number of aromatic nitrogens is 5. The third-order valence-corrected chi connectivity index (χ3v) is 4.08. The second kappa shape index (κ2) is 11.2. The van der Waals surface area contributed by atoms with E-state index in [1.807, 2.05) is 27.7 Å². The van der Waals surface area contributed by atoms with Crippen LogP contribution < -0.4 is 10.6 Å². The van der Waals surface area contributed by atoms with E-state index in [0.29, 0.717) is 34.1 Å². The van der Waals surface area contributed by atoms with Crippen LogP contribution in [0.15, 0.2) is 24.5 Å². The van der Waals surface area contributed by atoms with Crippen molar-refractivity contribution in [3.63, 3.8) is 0 Å². The first-order chi connectivity index (χ1) is 13.9. The topological polar surface area (TPSA) is 85.8 Å². The number of nitrogen functional groups attached to an aromatic ring is 1. The first-order valence-corrected chi connectivity index (χ1v) is 9.80. The molecule has 0 saturated carbocycles. The van der Waals surface area contributed by atoms with Gasteiger partial charge in [0.1, 0.15) is 17.5 Å².